The number of anilines is 2. The van der Waals surface area contributed by atoms with Gasteiger partial charge in [0.15, 0.2) is 0 Å². The number of nitrogens with two attached hydrogens (primary N) is 2. The Hall–Kier alpha value is -3.52. The van der Waals surface area contributed by atoms with Crippen LogP contribution in [0.3, 0.4) is 0 Å². The van der Waals surface area contributed by atoms with Crippen LogP contribution in [0.25, 0.3) is 0 Å². The first-order chi connectivity index (χ1) is 23.0. The second kappa shape index (κ2) is 17.6. The Bertz CT molecular complexity index is 1350. The highest BCUT2D eigenvalue weighted by Gasteiger charge is 2.24. The molecule has 1 fully saturated rings. The molecule has 4 aromatic carbocycles. The highest BCUT2D eigenvalue weighted by Crippen LogP contribution is 2.39. The molecule has 0 aliphatic heterocycles. The van der Waals surface area contributed by atoms with Gasteiger partial charge in [0.05, 0.1) is 0 Å². The van der Waals surface area contributed by atoms with Crippen molar-refractivity contribution in [3.63, 3.8) is 0 Å². The highest BCUT2D eigenvalue weighted by atomic mass is 14.5. The molecule has 5 rings (SSSR count). The zero-order valence-electron chi connectivity index (χ0n) is 29.5. The molecule has 250 valence electrons. The Kier molecular flexibility index (Phi) is 13.0. The van der Waals surface area contributed by atoms with Gasteiger partial charge in [-0.1, -0.05) is 151 Å². The van der Waals surface area contributed by atoms with Gasteiger partial charge in [0.1, 0.15) is 0 Å². The Morgan fingerprint density at radius 2 is 0.787 bits per heavy atom. The van der Waals surface area contributed by atoms with Crippen LogP contribution in [-0.2, 0) is 0 Å². The number of nitrogen functional groups attached to an aromatic ring is 2. The monoisotopic (exact) mass is 628 g/mol. The summed E-state index contributed by atoms with van der Waals surface area (Å²) < 4.78 is 0. The van der Waals surface area contributed by atoms with Crippen LogP contribution in [0.5, 0.6) is 0 Å². The zero-order valence-corrected chi connectivity index (χ0v) is 29.5. The third-order valence-corrected chi connectivity index (χ3v) is 11.2. The van der Waals surface area contributed by atoms with Gasteiger partial charge in [-0.3, -0.25) is 0 Å². The van der Waals surface area contributed by atoms with E-state index in [1.807, 2.05) is 0 Å². The summed E-state index contributed by atoms with van der Waals surface area (Å²) in [5.74, 6) is 2.89. The van der Waals surface area contributed by atoms with Crippen molar-refractivity contribution in [1.82, 2.24) is 0 Å². The molecule has 0 radical (unpaired) electrons. The molecular formula is C45H60N2. The lowest BCUT2D eigenvalue weighted by Crippen LogP contribution is -2.16. The molecule has 4 aromatic rings. The molecule has 1 aliphatic rings. The maximum Gasteiger partial charge on any atom is 0.0314 e. The first-order valence-electron chi connectivity index (χ1n) is 18.9. The van der Waals surface area contributed by atoms with Gasteiger partial charge in [0, 0.05) is 29.1 Å². The topological polar surface area (TPSA) is 52.0 Å². The molecule has 3 unspecified atom stereocenters. The maximum atomic E-state index is 6.05. The Labute approximate surface area is 286 Å². The predicted octanol–water partition coefficient (Wildman–Crippen LogP) is 12.6. The summed E-state index contributed by atoms with van der Waals surface area (Å²) in [7, 11) is 0. The predicted molar refractivity (Wildman–Crippen MR) is 204 cm³/mol. The number of hydrogen-bond acceptors (Lipinski definition) is 2. The van der Waals surface area contributed by atoms with E-state index in [1.165, 1.54) is 104 Å². The van der Waals surface area contributed by atoms with E-state index in [4.69, 9.17) is 11.5 Å². The summed E-state index contributed by atoms with van der Waals surface area (Å²) in [6.45, 7) is 7.10. The average Bonchev–Trinajstić information content (AvgIpc) is 3.11. The first-order valence-corrected chi connectivity index (χ1v) is 18.9. The van der Waals surface area contributed by atoms with Crippen molar-refractivity contribution in [2.75, 3.05) is 11.5 Å². The molecule has 0 saturated heterocycles. The molecule has 47 heavy (non-hydrogen) atoms. The van der Waals surface area contributed by atoms with E-state index in [1.54, 1.807) is 0 Å². The van der Waals surface area contributed by atoms with E-state index in [0.717, 1.165) is 36.1 Å². The second-order valence-electron chi connectivity index (χ2n) is 14.6. The average molecular weight is 629 g/mol. The third-order valence-electron chi connectivity index (χ3n) is 11.2. The van der Waals surface area contributed by atoms with Gasteiger partial charge in [-0.2, -0.15) is 0 Å². The lowest BCUT2D eigenvalue weighted by molar-refractivity contribution is 0.247. The van der Waals surface area contributed by atoms with Gasteiger partial charge >= 0.3 is 0 Å². The van der Waals surface area contributed by atoms with Crippen molar-refractivity contribution in [3.8, 4) is 0 Å². The normalized spacial score (nSPS) is 16.4. The number of unbranched alkanes of at least 4 members (excludes halogenated alkanes) is 2. The molecule has 1 saturated carbocycles. The molecule has 4 N–H and O–H groups in total. The molecule has 2 nitrogen and oxygen atoms in total. The van der Waals surface area contributed by atoms with Crippen LogP contribution in [0.2, 0.25) is 0 Å². The first kappa shape index (κ1) is 34.8. The van der Waals surface area contributed by atoms with Gasteiger partial charge in [-0.05, 0) is 95.2 Å². The molecule has 1 aliphatic carbocycles. The molecule has 3 atom stereocenters. The third kappa shape index (κ3) is 9.53. The summed E-state index contributed by atoms with van der Waals surface area (Å²) in [5, 5.41) is 0. The van der Waals surface area contributed by atoms with Crippen LogP contribution in [0.1, 0.15) is 155 Å². The largest absolute Gasteiger partial charge is 0.399 e. The molecular weight excluding hydrogens is 569 g/mol. The van der Waals surface area contributed by atoms with E-state index < -0.39 is 0 Å². The van der Waals surface area contributed by atoms with Crippen molar-refractivity contribution in [3.05, 3.63) is 130 Å². The summed E-state index contributed by atoms with van der Waals surface area (Å²) in [4.78, 5) is 0. The van der Waals surface area contributed by atoms with Crippen molar-refractivity contribution in [2.45, 2.75) is 122 Å². The SMILES string of the molecule is CCCCC(c1ccc(N)cc1)c1ccc(C(CCC(C)C2CCCCC2)c2ccc(C(CCCC)c3ccc(N)cc3)cc2)cc1. The van der Waals surface area contributed by atoms with Crippen molar-refractivity contribution in [1.29, 1.82) is 0 Å². The molecule has 0 amide bonds. The molecule has 0 heterocycles. The number of rotatable bonds is 16. The number of benzene rings is 4. The Morgan fingerprint density at radius 1 is 0.468 bits per heavy atom. The minimum atomic E-state index is 0.403. The summed E-state index contributed by atoms with van der Waals surface area (Å²) in [6.07, 6.45) is 16.8. The molecule has 0 aromatic heterocycles. The van der Waals surface area contributed by atoms with Gasteiger partial charge < -0.3 is 11.5 Å². The maximum absolute atomic E-state index is 6.05. The van der Waals surface area contributed by atoms with E-state index in [9.17, 15) is 0 Å². The van der Waals surface area contributed by atoms with Crippen molar-refractivity contribution < 1.29 is 0 Å². The van der Waals surface area contributed by atoms with E-state index >= 15 is 0 Å². The van der Waals surface area contributed by atoms with Crippen LogP contribution in [0.15, 0.2) is 97.1 Å². The van der Waals surface area contributed by atoms with Crippen LogP contribution in [-0.4, -0.2) is 0 Å². The molecule has 2 heteroatoms. The van der Waals surface area contributed by atoms with E-state index in [2.05, 4.69) is 118 Å². The van der Waals surface area contributed by atoms with Gasteiger partial charge in [0.25, 0.3) is 0 Å². The van der Waals surface area contributed by atoms with Gasteiger partial charge in [-0.25, -0.2) is 0 Å². The van der Waals surface area contributed by atoms with Gasteiger partial charge in [-0.15, -0.1) is 0 Å². The fourth-order valence-electron chi connectivity index (χ4n) is 8.14. The van der Waals surface area contributed by atoms with Gasteiger partial charge in [0.2, 0.25) is 0 Å². The van der Waals surface area contributed by atoms with E-state index in [-0.39, 0.29) is 0 Å². The van der Waals surface area contributed by atoms with Crippen LogP contribution < -0.4 is 11.5 Å². The summed E-state index contributed by atoms with van der Waals surface area (Å²) in [5.41, 5.74) is 22.2. The molecule has 0 bridgehead atoms. The standard InChI is InChI=1S/C45H60N2/c1-4-6-13-43(39-24-28-41(46)29-25-39)35-16-20-37(21-17-35)45(32-15-33(3)34-11-9-8-10-12-34)38-22-18-36(19-23-38)44(14-7-5-2)40-26-30-42(47)31-27-40/h16-31,33-34,43-45H,4-15,32,46-47H2,1-3H3. The van der Waals surface area contributed by atoms with Crippen molar-refractivity contribution >= 4 is 11.4 Å². The Morgan fingerprint density at radius 3 is 1.13 bits per heavy atom. The lowest BCUT2D eigenvalue weighted by Gasteiger charge is -2.29. The fourth-order valence-corrected chi connectivity index (χ4v) is 8.14. The van der Waals surface area contributed by atoms with Crippen LogP contribution >= 0.6 is 0 Å². The summed E-state index contributed by atoms with van der Waals surface area (Å²) >= 11 is 0. The smallest absolute Gasteiger partial charge is 0.0314 e. The quantitative estimate of drug-likeness (QED) is 0.121. The minimum absolute atomic E-state index is 0.403. The summed E-state index contributed by atoms with van der Waals surface area (Å²) in [6, 6.07) is 36.5. The zero-order chi connectivity index (χ0) is 33.0. The molecule has 0 spiro atoms. The van der Waals surface area contributed by atoms with Crippen LogP contribution in [0, 0.1) is 11.8 Å². The Balaban J connectivity index is 1.42. The van der Waals surface area contributed by atoms with Crippen LogP contribution in [0.4, 0.5) is 11.4 Å². The van der Waals surface area contributed by atoms with Crippen molar-refractivity contribution in [2.24, 2.45) is 11.8 Å². The number of hydrogen-bond donors (Lipinski definition) is 2. The fraction of sp³-hybridized carbons (Fsp3) is 0.467. The lowest BCUT2D eigenvalue weighted by atomic mass is 9.76. The minimum Gasteiger partial charge on any atom is -0.399 e. The van der Waals surface area contributed by atoms with E-state index in [0.29, 0.717) is 17.8 Å². The highest BCUT2D eigenvalue weighted by molar-refractivity contribution is 5.45. The second-order valence-corrected chi connectivity index (χ2v) is 14.6.